The minimum Gasteiger partial charge on any atom is -0.392 e. The predicted molar refractivity (Wildman–Crippen MR) is 75.8 cm³/mol. The van der Waals surface area contributed by atoms with Crippen molar-refractivity contribution in [3.8, 4) is 0 Å². The summed E-state index contributed by atoms with van der Waals surface area (Å²) in [5.74, 6) is 0.467. The largest absolute Gasteiger partial charge is 0.392 e. The van der Waals surface area contributed by atoms with Gasteiger partial charge in [-0.25, -0.2) is 4.39 Å². The number of benzene rings is 1. The van der Waals surface area contributed by atoms with Gasteiger partial charge in [0.25, 0.3) is 0 Å². The van der Waals surface area contributed by atoms with Crippen molar-refractivity contribution in [2.75, 3.05) is 38.6 Å². The molecule has 0 spiro atoms. The van der Waals surface area contributed by atoms with Gasteiger partial charge in [-0.2, -0.15) is 0 Å². The molecule has 1 saturated heterocycles. The first-order chi connectivity index (χ1) is 9.08. The molecule has 0 bridgehead atoms. The molecule has 1 aromatic carbocycles. The van der Waals surface area contributed by atoms with Crippen LogP contribution in [0.1, 0.15) is 18.4 Å². The van der Waals surface area contributed by atoms with Gasteiger partial charge in [0, 0.05) is 25.3 Å². The first-order valence-corrected chi connectivity index (χ1v) is 6.88. The molecule has 1 fully saturated rings. The van der Waals surface area contributed by atoms with Crippen molar-refractivity contribution in [3.05, 3.63) is 29.6 Å². The zero-order chi connectivity index (χ0) is 13.8. The standard InChI is InChI=1S/C15H23FN2O/c1-17(2)10-12-3-5-18(6-4-12)15-8-13(11-19)7-14(16)9-15/h7-9,12,19H,3-6,10-11H2,1-2H3. The molecule has 0 aromatic heterocycles. The second-order valence-electron chi connectivity index (χ2n) is 5.67. The van der Waals surface area contributed by atoms with E-state index in [2.05, 4.69) is 23.9 Å². The fourth-order valence-electron chi connectivity index (χ4n) is 2.80. The maximum Gasteiger partial charge on any atom is 0.125 e. The number of nitrogens with zero attached hydrogens (tertiary/aromatic N) is 2. The molecular weight excluding hydrogens is 243 g/mol. The summed E-state index contributed by atoms with van der Waals surface area (Å²) >= 11 is 0. The lowest BCUT2D eigenvalue weighted by Crippen LogP contribution is -2.37. The summed E-state index contributed by atoms with van der Waals surface area (Å²) in [5.41, 5.74) is 1.54. The maximum absolute atomic E-state index is 13.5. The third-order valence-electron chi connectivity index (χ3n) is 3.73. The summed E-state index contributed by atoms with van der Waals surface area (Å²) in [7, 11) is 4.21. The Hall–Kier alpha value is -1.13. The van der Waals surface area contributed by atoms with Crippen molar-refractivity contribution in [1.29, 1.82) is 0 Å². The highest BCUT2D eigenvalue weighted by molar-refractivity contribution is 5.49. The lowest BCUT2D eigenvalue weighted by atomic mass is 9.96. The molecular formula is C15H23FN2O. The van der Waals surface area contributed by atoms with Crippen LogP contribution in [0, 0.1) is 11.7 Å². The third-order valence-corrected chi connectivity index (χ3v) is 3.73. The van der Waals surface area contributed by atoms with Crippen LogP contribution >= 0.6 is 0 Å². The van der Waals surface area contributed by atoms with E-state index < -0.39 is 0 Å². The molecule has 106 valence electrons. The van der Waals surface area contributed by atoms with E-state index in [-0.39, 0.29) is 12.4 Å². The lowest BCUT2D eigenvalue weighted by Gasteiger charge is -2.34. The van der Waals surface area contributed by atoms with Gasteiger partial charge in [-0.3, -0.25) is 0 Å². The second-order valence-corrected chi connectivity index (χ2v) is 5.67. The molecule has 1 aliphatic rings. The quantitative estimate of drug-likeness (QED) is 0.904. The Morgan fingerprint density at radius 3 is 2.53 bits per heavy atom. The topological polar surface area (TPSA) is 26.7 Å². The zero-order valence-electron chi connectivity index (χ0n) is 11.8. The van der Waals surface area contributed by atoms with Gasteiger partial charge in [0.1, 0.15) is 5.82 Å². The molecule has 1 heterocycles. The van der Waals surface area contributed by atoms with Crippen LogP contribution in [0.25, 0.3) is 0 Å². The van der Waals surface area contributed by atoms with Gasteiger partial charge < -0.3 is 14.9 Å². The SMILES string of the molecule is CN(C)CC1CCN(c2cc(F)cc(CO)c2)CC1. The highest BCUT2D eigenvalue weighted by atomic mass is 19.1. The number of hydrogen-bond donors (Lipinski definition) is 1. The van der Waals surface area contributed by atoms with E-state index in [1.165, 1.54) is 6.07 Å². The summed E-state index contributed by atoms with van der Waals surface area (Å²) in [6.07, 6.45) is 2.28. The van der Waals surface area contributed by atoms with Crippen LogP contribution in [0.5, 0.6) is 0 Å². The zero-order valence-corrected chi connectivity index (χ0v) is 11.8. The number of hydrogen-bond acceptors (Lipinski definition) is 3. The number of piperidine rings is 1. The Kier molecular flexibility index (Phi) is 4.77. The van der Waals surface area contributed by atoms with Crippen LogP contribution in [0.15, 0.2) is 18.2 Å². The molecule has 3 nitrogen and oxygen atoms in total. The highest BCUT2D eigenvalue weighted by Gasteiger charge is 2.20. The predicted octanol–water partition coefficient (Wildman–Crippen LogP) is 2.10. The molecule has 0 saturated carbocycles. The van der Waals surface area contributed by atoms with Gasteiger partial charge in [0.2, 0.25) is 0 Å². The van der Waals surface area contributed by atoms with Gasteiger partial charge in [-0.1, -0.05) is 0 Å². The number of aliphatic hydroxyl groups is 1. The van der Waals surface area contributed by atoms with Crippen LogP contribution in [-0.2, 0) is 6.61 Å². The molecule has 2 rings (SSSR count). The monoisotopic (exact) mass is 266 g/mol. The summed E-state index contributed by atoms with van der Waals surface area (Å²) < 4.78 is 13.5. The van der Waals surface area contributed by atoms with Crippen molar-refractivity contribution in [2.24, 2.45) is 5.92 Å². The number of rotatable bonds is 4. The van der Waals surface area contributed by atoms with E-state index in [9.17, 15) is 4.39 Å². The Morgan fingerprint density at radius 1 is 1.26 bits per heavy atom. The number of halogens is 1. The van der Waals surface area contributed by atoms with Crippen molar-refractivity contribution in [3.63, 3.8) is 0 Å². The van der Waals surface area contributed by atoms with Crippen LogP contribution in [0.3, 0.4) is 0 Å². The molecule has 1 aliphatic heterocycles. The average Bonchev–Trinajstić information content (AvgIpc) is 2.38. The Bertz CT molecular complexity index is 415. The molecule has 0 radical (unpaired) electrons. The van der Waals surface area contributed by atoms with E-state index in [4.69, 9.17) is 5.11 Å². The van der Waals surface area contributed by atoms with E-state index in [1.807, 2.05) is 6.07 Å². The minimum absolute atomic E-state index is 0.109. The highest BCUT2D eigenvalue weighted by Crippen LogP contribution is 2.25. The van der Waals surface area contributed by atoms with Crippen LogP contribution < -0.4 is 4.90 Å². The Balaban J connectivity index is 1.99. The molecule has 0 amide bonds. The van der Waals surface area contributed by atoms with Crippen LogP contribution in [0.4, 0.5) is 10.1 Å². The van der Waals surface area contributed by atoms with Gasteiger partial charge in [-0.15, -0.1) is 0 Å². The number of anilines is 1. The molecule has 4 heteroatoms. The first-order valence-electron chi connectivity index (χ1n) is 6.88. The molecule has 0 aliphatic carbocycles. The normalized spacial score (nSPS) is 17.2. The molecule has 0 unspecified atom stereocenters. The van der Waals surface area contributed by atoms with Gasteiger partial charge in [0.05, 0.1) is 6.61 Å². The number of aliphatic hydroxyl groups excluding tert-OH is 1. The van der Waals surface area contributed by atoms with Crippen molar-refractivity contribution in [2.45, 2.75) is 19.4 Å². The van der Waals surface area contributed by atoms with Gasteiger partial charge in [0.15, 0.2) is 0 Å². The van der Waals surface area contributed by atoms with Gasteiger partial charge >= 0.3 is 0 Å². The average molecular weight is 266 g/mol. The van der Waals surface area contributed by atoms with Crippen molar-refractivity contribution < 1.29 is 9.50 Å². The molecule has 1 aromatic rings. The van der Waals surface area contributed by atoms with E-state index in [1.54, 1.807) is 6.07 Å². The fourth-order valence-corrected chi connectivity index (χ4v) is 2.80. The van der Waals surface area contributed by atoms with E-state index in [0.29, 0.717) is 5.56 Å². The van der Waals surface area contributed by atoms with E-state index in [0.717, 1.165) is 44.1 Å². The summed E-state index contributed by atoms with van der Waals surface area (Å²) in [6.45, 7) is 2.94. The minimum atomic E-state index is -0.267. The van der Waals surface area contributed by atoms with E-state index >= 15 is 0 Å². The second kappa shape index (κ2) is 6.35. The summed E-state index contributed by atoms with van der Waals surface area (Å²) in [6, 6.07) is 4.84. The van der Waals surface area contributed by atoms with Crippen LogP contribution in [-0.4, -0.2) is 43.7 Å². The Labute approximate surface area is 114 Å². The smallest absolute Gasteiger partial charge is 0.125 e. The molecule has 1 N–H and O–H groups in total. The van der Waals surface area contributed by atoms with Crippen LogP contribution in [0.2, 0.25) is 0 Å². The Morgan fingerprint density at radius 2 is 1.95 bits per heavy atom. The third kappa shape index (κ3) is 3.91. The van der Waals surface area contributed by atoms with Crippen molar-refractivity contribution in [1.82, 2.24) is 4.90 Å². The lowest BCUT2D eigenvalue weighted by molar-refractivity contribution is 0.280. The van der Waals surface area contributed by atoms with Crippen molar-refractivity contribution >= 4 is 5.69 Å². The summed E-state index contributed by atoms with van der Waals surface area (Å²) in [4.78, 5) is 4.45. The molecule has 0 atom stereocenters. The molecule has 19 heavy (non-hydrogen) atoms. The van der Waals surface area contributed by atoms with Gasteiger partial charge in [-0.05, 0) is 56.6 Å². The fraction of sp³-hybridized carbons (Fsp3) is 0.600. The first kappa shape index (κ1) is 14.3. The summed E-state index contributed by atoms with van der Waals surface area (Å²) in [5, 5.41) is 9.14. The maximum atomic E-state index is 13.5.